The van der Waals surface area contributed by atoms with Gasteiger partial charge in [-0.2, -0.15) is 0 Å². The van der Waals surface area contributed by atoms with E-state index in [2.05, 4.69) is 32.7 Å². The van der Waals surface area contributed by atoms with E-state index in [1.54, 1.807) is 13.4 Å². The van der Waals surface area contributed by atoms with Crippen LogP contribution in [0.15, 0.2) is 60.9 Å². The molecule has 5 nitrogen and oxygen atoms in total. The maximum atomic E-state index is 6.02. The van der Waals surface area contributed by atoms with Gasteiger partial charge >= 0.3 is 0 Å². The van der Waals surface area contributed by atoms with Crippen molar-refractivity contribution < 1.29 is 4.74 Å². The van der Waals surface area contributed by atoms with E-state index in [0.29, 0.717) is 0 Å². The Morgan fingerprint density at radius 3 is 2.37 bits per heavy atom. The molecule has 3 aromatic rings. The quantitative estimate of drug-likeness (QED) is 0.572. The van der Waals surface area contributed by atoms with Crippen molar-refractivity contribution in [1.82, 2.24) is 9.97 Å². The number of benzene rings is 2. The van der Waals surface area contributed by atoms with Crippen LogP contribution >= 0.6 is 11.6 Å². The summed E-state index contributed by atoms with van der Waals surface area (Å²) < 4.78 is 5.38. The Morgan fingerprint density at radius 2 is 1.63 bits per heavy atom. The fourth-order valence-corrected chi connectivity index (χ4v) is 3.03. The Kier molecular flexibility index (Phi) is 6.88. The van der Waals surface area contributed by atoms with E-state index < -0.39 is 0 Å². The summed E-state index contributed by atoms with van der Waals surface area (Å²) in [6.45, 7) is 1.54. The van der Waals surface area contributed by atoms with E-state index in [1.165, 1.54) is 11.1 Å². The molecule has 1 aromatic heterocycles. The predicted molar refractivity (Wildman–Crippen MR) is 111 cm³/mol. The second-order valence-electron chi connectivity index (χ2n) is 6.08. The molecule has 0 saturated heterocycles. The molecular weight excluding hydrogens is 360 g/mol. The van der Waals surface area contributed by atoms with Gasteiger partial charge in [0.25, 0.3) is 0 Å². The van der Waals surface area contributed by atoms with Crippen LogP contribution < -0.4 is 15.4 Å². The van der Waals surface area contributed by atoms with E-state index in [0.717, 1.165) is 48.3 Å². The zero-order valence-electron chi connectivity index (χ0n) is 15.3. The fourth-order valence-electron chi connectivity index (χ4n) is 2.81. The molecule has 3 rings (SSSR count). The monoisotopic (exact) mass is 382 g/mol. The minimum atomic E-state index is 0.760. The average Bonchev–Trinajstić information content (AvgIpc) is 2.69. The van der Waals surface area contributed by atoms with E-state index >= 15 is 0 Å². The third-order valence-corrected chi connectivity index (χ3v) is 4.40. The van der Waals surface area contributed by atoms with Crippen molar-refractivity contribution in [3.63, 3.8) is 0 Å². The lowest BCUT2D eigenvalue weighted by atomic mass is 10.1. The first kappa shape index (κ1) is 19.0. The zero-order valence-corrected chi connectivity index (χ0v) is 16.0. The van der Waals surface area contributed by atoms with Crippen molar-refractivity contribution in [1.29, 1.82) is 0 Å². The van der Waals surface area contributed by atoms with Gasteiger partial charge in [0.1, 0.15) is 23.7 Å². The number of nitrogens with zero attached hydrogens (tertiary/aromatic N) is 2. The molecule has 0 fully saturated rings. The van der Waals surface area contributed by atoms with Crippen LogP contribution in [0.2, 0.25) is 5.02 Å². The highest BCUT2D eigenvalue weighted by Gasteiger charge is 2.03. The highest BCUT2D eigenvalue weighted by molar-refractivity contribution is 6.30. The Labute approximate surface area is 164 Å². The summed E-state index contributed by atoms with van der Waals surface area (Å²) in [6.07, 6.45) is 3.29. The smallest absolute Gasteiger partial charge is 0.131 e. The number of methoxy groups -OCH3 is 1. The van der Waals surface area contributed by atoms with Crippen molar-refractivity contribution in [2.45, 2.75) is 12.8 Å². The summed E-state index contributed by atoms with van der Waals surface area (Å²) in [5.41, 5.74) is 2.36. The second-order valence-corrected chi connectivity index (χ2v) is 6.52. The van der Waals surface area contributed by atoms with Gasteiger partial charge in [0, 0.05) is 24.2 Å². The Hall–Kier alpha value is -2.79. The first-order chi connectivity index (χ1) is 13.2. The van der Waals surface area contributed by atoms with E-state index in [9.17, 15) is 0 Å². The van der Waals surface area contributed by atoms with Crippen LogP contribution in [-0.2, 0) is 12.8 Å². The van der Waals surface area contributed by atoms with Crippen LogP contribution in [0.1, 0.15) is 11.1 Å². The molecule has 27 heavy (non-hydrogen) atoms. The van der Waals surface area contributed by atoms with Crippen LogP contribution in [0.25, 0.3) is 0 Å². The third-order valence-electron chi connectivity index (χ3n) is 4.17. The largest absolute Gasteiger partial charge is 0.496 e. The lowest BCUT2D eigenvalue weighted by molar-refractivity contribution is 0.410. The third kappa shape index (κ3) is 5.86. The summed E-state index contributed by atoms with van der Waals surface area (Å²) in [7, 11) is 1.69. The van der Waals surface area contributed by atoms with Gasteiger partial charge in [-0.05, 0) is 42.2 Å². The lowest BCUT2D eigenvalue weighted by Crippen LogP contribution is -2.10. The molecule has 2 N–H and O–H groups in total. The lowest BCUT2D eigenvalue weighted by Gasteiger charge is -2.10. The molecule has 0 bridgehead atoms. The van der Waals surface area contributed by atoms with E-state index in [-0.39, 0.29) is 0 Å². The summed E-state index contributed by atoms with van der Waals surface area (Å²) >= 11 is 6.02. The molecule has 140 valence electrons. The van der Waals surface area contributed by atoms with E-state index in [1.807, 2.05) is 42.5 Å². The van der Waals surface area contributed by atoms with Gasteiger partial charge in [-0.3, -0.25) is 0 Å². The first-order valence-electron chi connectivity index (χ1n) is 8.91. The maximum Gasteiger partial charge on any atom is 0.131 e. The minimum Gasteiger partial charge on any atom is -0.496 e. The van der Waals surface area contributed by atoms with Crippen LogP contribution in [0.5, 0.6) is 5.75 Å². The number of aromatic nitrogens is 2. The number of para-hydroxylation sites is 1. The van der Waals surface area contributed by atoms with Crippen molar-refractivity contribution in [2.24, 2.45) is 0 Å². The SMILES string of the molecule is COc1ccccc1CCNc1cc(NCCc2cccc(Cl)c2)ncn1. The standard InChI is InChI=1S/C21H23ClN4O/c1-27-19-8-3-2-6-17(19)10-12-24-21-14-20(25-15-26-21)23-11-9-16-5-4-7-18(22)13-16/h2-8,13-15H,9-12H2,1H3,(H2,23,24,25,26). The normalized spacial score (nSPS) is 10.4. The summed E-state index contributed by atoms with van der Waals surface area (Å²) in [6, 6.07) is 17.8. The summed E-state index contributed by atoms with van der Waals surface area (Å²) in [5.74, 6) is 2.50. The zero-order chi connectivity index (χ0) is 18.9. The van der Waals surface area contributed by atoms with Crippen molar-refractivity contribution >= 4 is 23.2 Å². The second kappa shape index (κ2) is 9.78. The van der Waals surface area contributed by atoms with Crippen molar-refractivity contribution in [2.75, 3.05) is 30.8 Å². The topological polar surface area (TPSA) is 59.1 Å². The van der Waals surface area contributed by atoms with Crippen LogP contribution in [0.4, 0.5) is 11.6 Å². The average molecular weight is 383 g/mol. The fraction of sp³-hybridized carbons (Fsp3) is 0.238. The summed E-state index contributed by atoms with van der Waals surface area (Å²) in [5, 5.41) is 7.42. The van der Waals surface area contributed by atoms with Gasteiger partial charge in [-0.1, -0.05) is 41.9 Å². The van der Waals surface area contributed by atoms with Gasteiger partial charge in [0.15, 0.2) is 0 Å². The molecule has 0 spiro atoms. The molecule has 0 aliphatic heterocycles. The molecule has 2 aromatic carbocycles. The van der Waals surface area contributed by atoms with Crippen LogP contribution in [0.3, 0.4) is 0 Å². The molecular formula is C21H23ClN4O. The number of rotatable bonds is 9. The Morgan fingerprint density at radius 1 is 0.889 bits per heavy atom. The Balaban J connectivity index is 1.48. The molecule has 0 amide bonds. The van der Waals surface area contributed by atoms with Crippen LogP contribution in [-0.4, -0.2) is 30.2 Å². The Bertz CT molecular complexity index is 872. The number of nitrogens with one attached hydrogen (secondary N) is 2. The molecule has 0 unspecified atom stereocenters. The predicted octanol–water partition coefficient (Wildman–Crippen LogP) is 4.45. The number of anilines is 2. The van der Waals surface area contributed by atoms with Crippen molar-refractivity contribution in [3.8, 4) is 5.75 Å². The molecule has 0 radical (unpaired) electrons. The highest BCUT2D eigenvalue weighted by Crippen LogP contribution is 2.18. The van der Waals surface area contributed by atoms with Gasteiger partial charge in [-0.25, -0.2) is 9.97 Å². The number of ether oxygens (including phenoxy) is 1. The molecule has 0 aliphatic rings. The van der Waals surface area contributed by atoms with Gasteiger partial charge in [-0.15, -0.1) is 0 Å². The minimum absolute atomic E-state index is 0.760. The highest BCUT2D eigenvalue weighted by atomic mass is 35.5. The van der Waals surface area contributed by atoms with Crippen molar-refractivity contribution in [3.05, 3.63) is 77.1 Å². The van der Waals surface area contributed by atoms with Crippen LogP contribution in [0, 0.1) is 0 Å². The first-order valence-corrected chi connectivity index (χ1v) is 9.28. The molecule has 0 atom stereocenters. The number of hydrogen-bond acceptors (Lipinski definition) is 5. The molecule has 0 aliphatic carbocycles. The molecule has 0 saturated carbocycles. The maximum absolute atomic E-state index is 6.02. The van der Waals surface area contributed by atoms with Gasteiger partial charge in [0.2, 0.25) is 0 Å². The number of halogens is 1. The molecule has 1 heterocycles. The summed E-state index contributed by atoms with van der Waals surface area (Å²) in [4.78, 5) is 8.55. The van der Waals surface area contributed by atoms with Gasteiger partial charge in [0.05, 0.1) is 7.11 Å². The van der Waals surface area contributed by atoms with Gasteiger partial charge < -0.3 is 15.4 Å². The molecule has 6 heteroatoms. The number of hydrogen-bond donors (Lipinski definition) is 2. The van der Waals surface area contributed by atoms with E-state index in [4.69, 9.17) is 16.3 Å².